The second kappa shape index (κ2) is 11.6. The molecular weight excluding hydrogens is 521 g/mol. The highest BCUT2D eigenvalue weighted by molar-refractivity contribution is 7.55. The Morgan fingerprint density at radius 3 is 0.675 bits per heavy atom. The minimum absolute atomic E-state index is 0.835. The van der Waals surface area contributed by atoms with Crippen molar-refractivity contribution in [3.8, 4) is 11.5 Å². The quantitative estimate of drug-likeness (QED) is 0.214. The van der Waals surface area contributed by atoms with Crippen molar-refractivity contribution in [1.29, 1.82) is 0 Å². The first-order chi connectivity index (χ1) is 19.8. The molecule has 0 saturated heterocycles. The van der Waals surface area contributed by atoms with E-state index in [1.165, 1.54) is 20.7 Å². The van der Waals surface area contributed by atoms with Crippen molar-refractivity contribution in [2.45, 2.75) is 0 Å². The van der Waals surface area contributed by atoms with E-state index in [4.69, 9.17) is 8.85 Å². The number of para-hydroxylation sites is 2. The van der Waals surface area contributed by atoms with Crippen LogP contribution in [0.15, 0.2) is 182 Å². The summed E-state index contributed by atoms with van der Waals surface area (Å²) in [5.74, 6) is 1.67. The van der Waals surface area contributed by atoms with Gasteiger partial charge in [0.1, 0.15) is 11.5 Å². The van der Waals surface area contributed by atoms with Gasteiger partial charge in [-0.25, -0.2) is 0 Å². The average molecular weight is 551 g/mol. The molecule has 40 heavy (non-hydrogen) atoms. The lowest BCUT2D eigenvalue weighted by Crippen LogP contribution is -2.90. The van der Waals surface area contributed by atoms with E-state index in [0.717, 1.165) is 11.5 Å². The Morgan fingerprint density at radius 1 is 0.250 bits per heavy atom. The zero-order chi connectivity index (χ0) is 27.1. The van der Waals surface area contributed by atoms with E-state index in [1.54, 1.807) is 0 Å². The Balaban J connectivity index is 1.81. The van der Waals surface area contributed by atoms with E-state index < -0.39 is 15.7 Å². The average Bonchev–Trinajstić information content (AvgIpc) is 3.05. The fourth-order valence-electron chi connectivity index (χ4n) is 5.55. The predicted octanol–water partition coefficient (Wildman–Crippen LogP) is 5.74. The van der Waals surface area contributed by atoms with Crippen LogP contribution in [-0.4, -0.2) is 15.7 Å². The van der Waals surface area contributed by atoms with Crippen molar-refractivity contribution >= 4 is 36.4 Å². The molecule has 0 N–H and O–H groups in total. The van der Waals surface area contributed by atoms with Crippen LogP contribution in [0.4, 0.5) is 0 Å². The Bertz CT molecular complexity index is 1410. The molecule has 0 amide bonds. The summed E-state index contributed by atoms with van der Waals surface area (Å²) in [6.07, 6.45) is 0. The summed E-state index contributed by atoms with van der Waals surface area (Å²) < 4.78 is 15.2. The predicted molar refractivity (Wildman–Crippen MR) is 170 cm³/mol. The van der Waals surface area contributed by atoms with Gasteiger partial charge in [0.15, 0.2) is 0 Å². The molecule has 0 aliphatic heterocycles. The van der Waals surface area contributed by atoms with Crippen molar-refractivity contribution in [2.24, 2.45) is 0 Å². The molecule has 4 heteroatoms. The Morgan fingerprint density at radius 2 is 0.450 bits per heavy atom. The molecule has 0 fully saturated rings. The highest BCUT2D eigenvalue weighted by atomic mass is 29.3. The molecule has 0 spiro atoms. The maximum absolute atomic E-state index is 7.60. The minimum atomic E-state index is -3.32. The van der Waals surface area contributed by atoms with Crippen LogP contribution in [0.5, 0.6) is 11.5 Å². The topological polar surface area (TPSA) is 18.5 Å². The second-order valence-corrected chi connectivity index (χ2v) is 19.3. The first kappa shape index (κ1) is 25.6. The van der Waals surface area contributed by atoms with Crippen LogP contribution in [0, 0.1) is 0 Å². The van der Waals surface area contributed by atoms with Gasteiger partial charge >= 0.3 is 15.7 Å². The second-order valence-electron chi connectivity index (χ2n) is 9.66. The molecule has 0 bridgehead atoms. The molecule has 0 saturated carbocycles. The van der Waals surface area contributed by atoms with Crippen LogP contribution >= 0.6 is 0 Å². The molecule has 194 valence electrons. The molecular formula is C36H30O2Si2. The third kappa shape index (κ3) is 4.68. The first-order valence-electron chi connectivity index (χ1n) is 13.5. The molecule has 6 aromatic carbocycles. The van der Waals surface area contributed by atoms with E-state index in [0.29, 0.717) is 0 Å². The number of benzene rings is 6. The van der Waals surface area contributed by atoms with Crippen LogP contribution in [0.25, 0.3) is 0 Å². The van der Waals surface area contributed by atoms with Gasteiger partial charge in [-0.05, 0) is 45.0 Å². The van der Waals surface area contributed by atoms with Gasteiger partial charge < -0.3 is 8.85 Å². The van der Waals surface area contributed by atoms with Crippen LogP contribution < -0.4 is 29.6 Å². The molecule has 0 radical (unpaired) electrons. The van der Waals surface area contributed by atoms with E-state index in [-0.39, 0.29) is 0 Å². The summed E-state index contributed by atoms with van der Waals surface area (Å²) in [6, 6.07) is 63.5. The van der Waals surface area contributed by atoms with Gasteiger partial charge in [-0.3, -0.25) is 0 Å². The number of rotatable bonds is 9. The Labute approximate surface area is 238 Å². The lowest BCUT2D eigenvalue weighted by atomic mass is 10.3. The first-order valence-corrected chi connectivity index (χ1v) is 18.3. The molecule has 0 aliphatic carbocycles. The molecule has 0 heterocycles. The molecule has 2 nitrogen and oxygen atoms in total. The van der Waals surface area contributed by atoms with Crippen LogP contribution in [0.3, 0.4) is 0 Å². The van der Waals surface area contributed by atoms with Gasteiger partial charge in [-0.2, -0.15) is 0 Å². The lowest BCUT2D eigenvalue weighted by Gasteiger charge is -2.46. The number of hydrogen-bond donors (Lipinski definition) is 0. The highest BCUT2D eigenvalue weighted by Crippen LogP contribution is 2.28. The molecule has 0 aromatic heterocycles. The third-order valence-corrected chi connectivity index (χ3v) is 21.0. The normalized spacial score (nSPS) is 11.5. The summed E-state index contributed by atoms with van der Waals surface area (Å²) in [4.78, 5) is 0. The molecule has 6 rings (SSSR count). The summed E-state index contributed by atoms with van der Waals surface area (Å²) in [5.41, 5.74) is 0. The Hall–Kier alpha value is -4.65. The Kier molecular flexibility index (Phi) is 7.44. The maximum atomic E-state index is 7.60. The van der Waals surface area contributed by atoms with Crippen molar-refractivity contribution in [3.05, 3.63) is 182 Å². The molecule has 0 unspecified atom stereocenters. The van der Waals surface area contributed by atoms with Gasteiger partial charge in [0.25, 0.3) is 0 Å². The van der Waals surface area contributed by atoms with E-state index >= 15 is 0 Å². The molecule has 0 atom stereocenters. The molecule has 6 aromatic rings. The van der Waals surface area contributed by atoms with Gasteiger partial charge in [0, 0.05) is 0 Å². The largest absolute Gasteiger partial charge is 0.533 e. The van der Waals surface area contributed by atoms with Crippen molar-refractivity contribution in [1.82, 2.24) is 0 Å². The van der Waals surface area contributed by atoms with Crippen molar-refractivity contribution < 1.29 is 8.85 Å². The summed E-state index contributed by atoms with van der Waals surface area (Å²) in [7, 11) is -6.63. The standard InChI is InChI=1S/C36H30O2Si2/c1-7-19-31(20-8-1)37-39(33-23-11-3-12-24-33,34-25-13-4-14-26-34)40(35-27-15-5-16-28-35,36-29-17-6-18-30-36)38-32-21-9-2-10-22-32/h1-30H. The smallest absolute Gasteiger partial charge is 0.352 e. The van der Waals surface area contributed by atoms with E-state index in [9.17, 15) is 0 Å². The SMILES string of the molecule is c1ccc(O[Si](c2ccccc2)(c2ccccc2)[Si](Oc2ccccc2)(c2ccccc2)c2ccccc2)cc1. The van der Waals surface area contributed by atoms with Crippen molar-refractivity contribution in [2.75, 3.05) is 0 Å². The van der Waals surface area contributed by atoms with E-state index in [1.807, 2.05) is 36.4 Å². The maximum Gasteiger partial charge on any atom is 0.352 e. The fraction of sp³-hybridized carbons (Fsp3) is 0. The van der Waals surface area contributed by atoms with Gasteiger partial charge in [-0.15, -0.1) is 0 Å². The monoisotopic (exact) mass is 550 g/mol. The van der Waals surface area contributed by atoms with Gasteiger partial charge in [-0.1, -0.05) is 158 Å². The minimum Gasteiger partial charge on any atom is -0.533 e. The van der Waals surface area contributed by atoms with E-state index in [2.05, 4.69) is 146 Å². The highest BCUT2D eigenvalue weighted by Gasteiger charge is 2.67. The van der Waals surface area contributed by atoms with Crippen molar-refractivity contribution in [3.63, 3.8) is 0 Å². The lowest BCUT2D eigenvalue weighted by molar-refractivity contribution is 0.541. The summed E-state index contributed by atoms with van der Waals surface area (Å²) >= 11 is 0. The third-order valence-electron chi connectivity index (χ3n) is 7.25. The zero-order valence-electron chi connectivity index (χ0n) is 22.1. The van der Waals surface area contributed by atoms with Gasteiger partial charge in [0.05, 0.1) is 0 Å². The van der Waals surface area contributed by atoms with Gasteiger partial charge in [0.2, 0.25) is 0 Å². The number of hydrogen-bond acceptors (Lipinski definition) is 2. The van der Waals surface area contributed by atoms with Crippen LogP contribution in [-0.2, 0) is 0 Å². The van der Waals surface area contributed by atoms with Crippen LogP contribution in [0.2, 0.25) is 0 Å². The summed E-state index contributed by atoms with van der Waals surface area (Å²) in [5, 5.41) is 4.67. The zero-order valence-corrected chi connectivity index (χ0v) is 24.1. The van der Waals surface area contributed by atoms with Crippen LogP contribution in [0.1, 0.15) is 0 Å². The fourth-order valence-corrected chi connectivity index (χ4v) is 20.7. The molecule has 0 aliphatic rings. The summed E-state index contributed by atoms with van der Waals surface area (Å²) in [6.45, 7) is 0.